The number of rotatable bonds is 5. The Morgan fingerprint density at radius 3 is 2.58 bits per heavy atom. The standard InChI is InChI=1S/C17H25N5O2/c1-10(2)16-21-22-17(24-16)11(3)19-15(23)13-9-18-20-14(13)12-7-5-4-6-8-12/h9-12H,4-8H2,1-3H3,(H,18,20)(H,19,23). The van der Waals surface area contributed by atoms with Gasteiger partial charge in [0.05, 0.1) is 17.5 Å². The van der Waals surface area contributed by atoms with Crippen molar-refractivity contribution in [1.82, 2.24) is 25.7 Å². The molecule has 0 spiro atoms. The molecule has 0 bridgehead atoms. The fourth-order valence-electron chi connectivity index (χ4n) is 3.17. The van der Waals surface area contributed by atoms with E-state index in [0.29, 0.717) is 23.3 Å². The number of H-pyrrole nitrogens is 1. The van der Waals surface area contributed by atoms with Gasteiger partial charge in [0.15, 0.2) is 0 Å². The molecule has 2 heterocycles. The molecule has 1 amide bonds. The van der Waals surface area contributed by atoms with E-state index in [9.17, 15) is 4.79 Å². The molecule has 0 aromatic carbocycles. The van der Waals surface area contributed by atoms with E-state index in [2.05, 4.69) is 25.7 Å². The first-order valence-corrected chi connectivity index (χ1v) is 8.73. The van der Waals surface area contributed by atoms with Crippen molar-refractivity contribution in [3.8, 4) is 0 Å². The van der Waals surface area contributed by atoms with E-state index < -0.39 is 0 Å². The van der Waals surface area contributed by atoms with Crippen LogP contribution in [0.3, 0.4) is 0 Å². The molecule has 24 heavy (non-hydrogen) atoms. The van der Waals surface area contributed by atoms with E-state index >= 15 is 0 Å². The van der Waals surface area contributed by atoms with Crippen molar-refractivity contribution in [2.45, 2.75) is 70.8 Å². The van der Waals surface area contributed by atoms with Crippen molar-refractivity contribution in [3.05, 3.63) is 29.2 Å². The highest BCUT2D eigenvalue weighted by atomic mass is 16.4. The van der Waals surface area contributed by atoms with Crippen molar-refractivity contribution in [2.24, 2.45) is 0 Å². The SMILES string of the molecule is CC(C)c1nnc(C(C)NC(=O)c2cn[nH]c2C2CCCCC2)o1. The maximum absolute atomic E-state index is 12.6. The molecule has 0 radical (unpaired) electrons. The van der Waals surface area contributed by atoms with Crippen LogP contribution in [0.25, 0.3) is 0 Å². The summed E-state index contributed by atoms with van der Waals surface area (Å²) in [6.07, 6.45) is 7.53. The molecule has 1 saturated carbocycles. The Morgan fingerprint density at radius 2 is 1.92 bits per heavy atom. The van der Waals surface area contributed by atoms with Crippen molar-refractivity contribution < 1.29 is 9.21 Å². The molecule has 1 unspecified atom stereocenters. The molecule has 3 rings (SSSR count). The van der Waals surface area contributed by atoms with Gasteiger partial charge in [-0.2, -0.15) is 5.10 Å². The fourth-order valence-corrected chi connectivity index (χ4v) is 3.17. The van der Waals surface area contributed by atoms with Gasteiger partial charge in [-0.1, -0.05) is 33.1 Å². The molecule has 7 heteroatoms. The third-order valence-corrected chi connectivity index (χ3v) is 4.60. The lowest BCUT2D eigenvalue weighted by Gasteiger charge is -2.21. The van der Waals surface area contributed by atoms with Crippen LogP contribution in [0.1, 0.15) is 98.6 Å². The van der Waals surface area contributed by atoms with Crippen LogP contribution in [-0.2, 0) is 0 Å². The molecular formula is C17H25N5O2. The minimum absolute atomic E-state index is 0.152. The van der Waals surface area contributed by atoms with Gasteiger partial charge < -0.3 is 9.73 Å². The number of carbonyl (C=O) groups is 1. The lowest BCUT2D eigenvalue weighted by Crippen LogP contribution is -2.28. The predicted octanol–water partition coefficient (Wildman–Crippen LogP) is 3.45. The zero-order valence-electron chi connectivity index (χ0n) is 14.5. The van der Waals surface area contributed by atoms with Gasteiger partial charge in [0.25, 0.3) is 5.91 Å². The summed E-state index contributed by atoms with van der Waals surface area (Å²) in [6.45, 7) is 5.82. The first-order chi connectivity index (χ1) is 11.6. The Balaban J connectivity index is 1.69. The summed E-state index contributed by atoms with van der Waals surface area (Å²) in [6, 6.07) is -0.341. The number of nitrogens with one attached hydrogen (secondary N) is 2. The average Bonchev–Trinajstić information content (AvgIpc) is 3.25. The summed E-state index contributed by atoms with van der Waals surface area (Å²) >= 11 is 0. The van der Waals surface area contributed by atoms with Crippen LogP contribution < -0.4 is 5.32 Å². The lowest BCUT2D eigenvalue weighted by atomic mass is 9.85. The molecule has 1 atom stereocenters. The number of aromatic amines is 1. The Labute approximate surface area is 141 Å². The summed E-state index contributed by atoms with van der Waals surface area (Å²) in [5.74, 6) is 1.42. The average molecular weight is 331 g/mol. The number of amides is 1. The molecular weight excluding hydrogens is 306 g/mol. The third kappa shape index (κ3) is 3.49. The number of carbonyl (C=O) groups excluding carboxylic acids is 1. The van der Waals surface area contributed by atoms with E-state index in [0.717, 1.165) is 18.5 Å². The van der Waals surface area contributed by atoms with Gasteiger partial charge in [0, 0.05) is 11.8 Å². The van der Waals surface area contributed by atoms with Gasteiger partial charge in [-0.25, -0.2) is 0 Å². The van der Waals surface area contributed by atoms with Crippen LogP contribution in [0.15, 0.2) is 10.6 Å². The Hall–Kier alpha value is -2.18. The van der Waals surface area contributed by atoms with Gasteiger partial charge in [-0.15, -0.1) is 10.2 Å². The second-order valence-corrected chi connectivity index (χ2v) is 6.86. The third-order valence-electron chi connectivity index (χ3n) is 4.60. The van der Waals surface area contributed by atoms with Crippen LogP contribution in [-0.4, -0.2) is 26.3 Å². The minimum atomic E-state index is -0.341. The van der Waals surface area contributed by atoms with E-state index in [4.69, 9.17) is 4.42 Å². The first kappa shape index (κ1) is 16.7. The zero-order chi connectivity index (χ0) is 17.1. The van der Waals surface area contributed by atoms with Gasteiger partial charge in [0.1, 0.15) is 6.04 Å². The molecule has 2 aromatic heterocycles. The van der Waals surface area contributed by atoms with Gasteiger partial charge in [-0.05, 0) is 19.8 Å². The minimum Gasteiger partial charge on any atom is -0.423 e. The van der Waals surface area contributed by atoms with Crippen LogP contribution in [0.5, 0.6) is 0 Å². The number of nitrogens with zero attached hydrogens (tertiary/aromatic N) is 3. The van der Waals surface area contributed by atoms with E-state index in [-0.39, 0.29) is 17.9 Å². The van der Waals surface area contributed by atoms with Gasteiger partial charge >= 0.3 is 0 Å². The highest BCUT2D eigenvalue weighted by Gasteiger charge is 2.25. The molecule has 0 aliphatic heterocycles. The normalized spacial score (nSPS) is 17.2. The van der Waals surface area contributed by atoms with Crippen molar-refractivity contribution in [2.75, 3.05) is 0 Å². The largest absolute Gasteiger partial charge is 0.423 e. The monoisotopic (exact) mass is 331 g/mol. The Morgan fingerprint density at radius 1 is 1.21 bits per heavy atom. The molecule has 1 fully saturated rings. The molecule has 1 aliphatic rings. The van der Waals surface area contributed by atoms with E-state index in [1.807, 2.05) is 20.8 Å². The number of hydrogen-bond acceptors (Lipinski definition) is 5. The van der Waals surface area contributed by atoms with Crippen molar-refractivity contribution in [3.63, 3.8) is 0 Å². The van der Waals surface area contributed by atoms with Crippen LogP contribution in [0.2, 0.25) is 0 Å². The Bertz CT molecular complexity index is 685. The molecule has 7 nitrogen and oxygen atoms in total. The second-order valence-electron chi connectivity index (χ2n) is 6.86. The zero-order valence-corrected chi connectivity index (χ0v) is 14.5. The topological polar surface area (TPSA) is 96.7 Å². The second kappa shape index (κ2) is 7.15. The predicted molar refractivity (Wildman–Crippen MR) is 88.7 cm³/mol. The lowest BCUT2D eigenvalue weighted by molar-refractivity contribution is 0.0932. The number of hydrogen-bond donors (Lipinski definition) is 2. The molecule has 2 aromatic rings. The van der Waals surface area contributed by atoms with Crippen molar-refractivity contribution >= 4 is 5.91 Å². The highest BCUT2D eigenvalue weighted by Crippen LogP contribution is 2.33. The fraction of sp³-hybridized carbons (Fsp3) is 0.647. The summed E-state index contributed by atoms with van der Waals surface area (Å²) in [4.78, 5) is 12.6. The summed E-state index contributed by atoms with van der Waals surface area (Å²) in [7, 11) is 0. The highest BCUT2D eigenvalue weighted by molar-refractivity contribution is 5.95. The molecule has 1 aliphatic carbocycles. The summed E-state index contributed by atoms with van der Waals surface area (Å²) in [5.41, 5.74) is 1.57. The maximum atomic E-state index is 12.6. The maximum Gasteiger partial charge on any atom is 0.255 e. The molecule has 130 valence electrons. The van der Waals surface area contributed by atoms with Gasteiger partial charge in [-0.3, -0.25) is 9.89 Å². The number of aromatic nitrogens is 4. The smallest absolute Gasteiger partial charge is 0.255 e. The van der Waals surface area contributed by atoms with Crippen molar-refractivity contribution in [1.29, 1.82) is 0 Å². The van der Waals surface area contributed by atoms with E-state index in [1.54, 1.807) is 6.20 Å². The van der Waals surface area contributed by atoms with Crippen LogP contribution in [0, 0.1) is 0 Å². The Kier molecular flexibility index (Phi) is 4.97. The van der Waals surface area contributed by atoms with Crippen LogP contribution in [0.4, 0.5) is 0 Å². The van der Waals surface area contributed by atoms with E-state index in [1.165, 1.54) is 19.3 Å². The molecule has 2 N–H and O–H groups in total. The quantitative estimate of drug-likeness (QED) is 0.874. The van der Waals surface area contributed by atoms with Crippen LogP contribution >= 0.6 is 0 Å². The molecule has 0 saturated heterocycles. The summed E-state index contributed by atoms with van der Waals surface area (Å²) in [5, 5.41) is 18.1. The first-order valence-electron chi connectivity index (χ1n) is 8.73. The summed E-state index contributed by atoms with van der Waals surface area (Å²) < 4.78 is 5.61. The van der Waals surface area contributed by atoms with Gasteiger partial charge in [0.2, 0.25) is 11.8 Å².